The molecule has 4 rings (SSSR count). The number of amidine groups is 1. The minimum Gasteiger partial charge on any atom is -0.497 e. The van der Waals surface area contributed by atoms with Crippen LogP contribution in [0.25, 0.3) is 0 Å². The molecule has 2 aromatic rings. The van der Waals surface area contributed by atoms with Crippen LogP contribution in [0.5, 0.6) is 11.5 Å². The molecule has 1 heterocycles. The number of hydrogen-bond acceptors (Lipinski definition) is 6. The maximum absolute atomic E-state index is 13.0. The van der Waals surface area contributed by atoms with Crippen LogP contribution in [-0.4, -0.2) is 34.4 Å². The molecule has 1 aliphatic heterocycles. The van der Waals surface area contributed by atoms with E-state index in [1.54, 1.807) is 49.6 Å². The second-order valence-corrected chi connectivity index (χ2v) is 9.88. The van der Waals surface area contributed by atoms with Gasteiger partial charge in [-0.1, -0.05) is 25.0 Å². The van der Waals surface area contributed by atoms with Crippen molar-refractivity contribution in [2.24, 2.45) is 9.81 Å². The molecule has 8 nitrogen and oxygen atoms in total. The zero-order chi connectivity index (χ0) is 22.8. The highest BCUT2D eigenvalue weighted by molar-refractivity contribution is 7.90. The van der Waals surface area contributed by atoms with E-state index in [4.69, 9.17) is 9.47 Å². The summed E-state index contributed by atoms with van der Waals surface area (Å²) in [4.78, 5) is 13.2. The Morgan fingerprint density at radius 2 is 1.88 bits per heavy atom. The Kier molecular flexibility index (Phi) is 6.10. The Bertz CT molecular complexity index is 1150. The van der Waals surface area contributed by atoms with Gasteiger partial charge in [-0.05, 0) is 42.5 Å². The van der Waals surface area contributed by atoms with Crippen molar-refractivity contribution in [3.8, 4) is 11.5 Å². The van der Waals surface area contributed by atoms with E-state index in [1.165, 1.54) is 7.11 Å². The molecule has 170 valence electrons. The number of ether oxygens (including phenoxy) is 2. The molecule has 0 saturated heterocycles. The van der Waals surface area contributed by atoms with E-state index in [1.807, 2.05) is 0 Å². The smallest absolute Gasteiger partial charge is 0.286 e. The minimum atomic E-state index is -3.76. The first kappa shape index (κ1) is 22.1. The largest absolute Gasteiger partial charge is 0.497 e. The maximum Gasteiger partial charge on any atom is 0.286 e. The molecule has 0 bridgehead atoms. The van der Waals surface area contributed by atoms with Crippen molar-refractivity contribution in [1.29, 1.82) is 0 Å². The predicted octanol–water partition coefficient (Wildman–Crippen LogP) is 4.20. The fourth-order valence-corrected chi connectivity index (χ4v) is 5.72. The average molecular weight is 458 g/mol. The summed E-state index contributed by atoms with van der Waals surface area (Å²) in [5, 5.41) is 6.10. The number of rotatable bonds is 7. The quantitative estimate of drug-likeness (QED) is 0.646. The van der Waals surface area contributed by atoms with E-state index < -0.39 is 10.0 Å². The third-order valence-corrected chi connectivity index (χ3v) is 7.47. The summed E-state index contributed by atoms with van der Waals surface area (Å²) < 4.78 is 39.8. The second-order valence-electron chi connectivity index (χ2n) is 8.31. The number of anilines is 2. The highest BCUT2D eigenvalue weighted by atomic mass is 32.2. The van der Waals surface area contributed by atoms with Crippen molar-refractivity contribution in [2.45, 2.75) is 43.4 Å². The molecule has 1 amide bonds. The summed E-state index contributed by atoms with van der Waals surface area (Å²) in [5.74, 6) is 1.39. The number of carbonyl (C=O) groups excluding carboxylic acids is 1. The zero-order valence-corrected chi connectivity index (χ0v) is 19.0. The van der Waals surface area contributed by atoms with E-state index in [-0.39, 0.29) is 22.6 Å². The van der Waals surface area contributed by atoms with Crippen LogP contribution in [0.2, 0.25) is 0 Å². The molecular weight excluding hydrogens is 430 g/mol. The van der Waals surface area contributed by atoms with Crippen molar-refractivity contribution in [1.82, 2.24) is 0 Å². The lowest BCUT2D eigenvalue weighted by Crippen LogP contribution is -2.32. The summed E-state index contributed by atoms with van der Waals surface area (Å²) in [6.45, 7) is 0. The van der Waals surface area contributed by atoms with E-state index >= 15 is 0 Å². The van der Waals surface area contributed by atoms with Crippen LogP contribution in [0.4, 0.5) is 11.4 Å². The minimum absolute atomic E-state index is 0.143. The maximum atomic E-state index is 13.0. The Morgan fingerprint density at radius 1 is 1.12 bits per heavy atom. The molecule has 0 atom stereocenters. The number of carbonyl (C=O) groups is 1. The van der Waals surface area contributed by atoms with Crippen molar-refractivity contribution >= 4 is 33.1 Å². The van der Waals surface area contributed by atoms with Gasteiger partial charge in [0, 0.05) is 18.9 Å². The van der Waals surface area contributed by atoms with Crippen LogP contribution in [-0.2, 0) is 14.8 Å². The summed E-state index contributed by atoms with van der Waals surface area (Å²) >= 11 is 0. The number of hydrogen-bond donors (Lipinski definition) is 2. The highest BCUT2D eigenvalue weighted by Gasteiger charge is 2.39. The van der Waals surface area contributed by atoms with E-state index in [2.05, 4.69) is 15.0 Å². The van der Waals surface area contributed by atoms with Gasteiger partial charge >= 0.3 is 0 Å². The third-order valence-electron chi connectivity index (χ3n) is 6.10. The van der Waals surface area contributed by atoms with E-state index in [0.717, 1.165) is 25.7 Å². The van der Waals surface area contributed by atoms with Gasteiger partial charge in [0.2, 0.25) is 5.91 Å². The number of amides is 1. The molecule has 0 aromatic heterocycles. The van der Waals surface area contributed by atoms with E-state index in [0.29, 0.717) is 35.1 Å². The molecule has 32 heavy (non-hydrogen) atoms. The number of fused-ring (bicyclic) bond motifs is 1. The summed E-state index contributed by atoms with van der Waals surface area (Å²) in [6.07, 6.45) is 4.33. The number of benzene rings is 2. The van der Waals surface area contributed by atoms with Crippen LogP contribution < -0.4 is 20.1 Å². The van der Waals surface area contributed by atoms with Gasteiger partial charge in [0.15, 0.2) is 0 Å². The molecule has 1 fully saturated rings. The van der Waals surface area contributed by atoms with Crippen LogP contribution >= 0.6 is 0 Å². The first-order chi connectivity index (χ1) is 15.3. The standard InChI is InChI=1S/C23H27N3O5S/c1-30-16-9-10-17(19(13-16)31-2)25-22(27)15-23(11-5-6-12-23)14-21-24-18-7-3-4-8-20(18)32(28,29)26-21/h3-4,7-10,13H,5-6,11-12,14-15H2,1-2H3,(H,24,26)(H,25,27). The highest BCUT2D eigenvalue weighted by Crippen LogP contribution is 2.45. The summed E-state index contributed by atoms with van der Waals surface area (Å²) in [7, 11) is -0.653. The zero-order valence-electron chi connectivity index (χ0n) is 18.2. The average Bonchev–Trinajstić information content (AvgIpc) is 3.21. The van der Waals surface area contributed by atoms with Crippen molar-refractivity contribution in [3.05, 3.63) is 42.5 Å². The molecule has 2 aliphatic rings. The lowest BCUT2D eigenvalue weighted by molar-refractivity contribution is -0.118. The monoisotopic (exact) mass is 457 g/mol. The van der Waals surface area contributed by atoms with Gasteiger partial charge in [-0.25, -0.2) is 0 Å². The van der Waals surface area contributed by atoms with Gasteiger partial charge in [-0.15, -0.1) is 4.40 Å². The van der Waals surface area contributed by atoms with Crippen LogP contribution in [0, 0.1) is 5.41 Å². The molecule has 2 aromatic carbocycles. The number of methoxy groups -OCH3 is 2. The predicted molar refractivity (Wildman–Crippen MR) is 123 cm³/mol. The van der Waals surface area contributed by atoms with E-state index in [9.17, 15) is 13.2 Å². The van der Waals surface area contributed by atoms with Crippen LogP contribution in [0.3, 0.4) is 0 Å². The molecule has 0 radical (unpaired) electrons. The molecule has 0 unspecified atom stereocenters. The van der Waals surface area contributed by atoms with Gasteiger partial charge in [-0.2, -0.15) is 8.42 Å². The molecule has 9 heteroatoms. The number of para-hydroxylation sites is 1. The van der Waals surface area contributed by atoms with Gasteiger partial charge < -0.3 is 20.1 Å². The molecule has 1 saturated carbocycles. The first-order valence-corrected chi connectivity index (χ1v) is 12.0. The lowest BCUT2D eigenvalue weighted by atomic mass is 9.78. The fraction of sp³-hybridized carbons (Fsp3) is 0.391. The van der Waals surface area contributed by atoms with Gasteiger partial charge in [0.1, 0.15) is 22.2 Å². The first-order valence-electron chi connectivity index (χ1n) is 10.6. The lowest BCUT2D eigenvalue weighted by Gasteiger charge is -2.30. The Labute approximate surface area is 188 Å². The van der Waals surface area contributed by atoms with Gasteiger partial charge in [0.25, 0.3) is 10.0 Å². The molecule has 1 aliphatic carbocycles. The Morgan fingerprint density at radius 3 is 2.59 bits per heavy atom. The van der Waals surface area contributed by atoms with Crippen molar-refractivity contribution in [3.63, 3.8) is 0 Å². The SMILES string of the molecule is COc1ccc(NC(=O)CC2(CC3=NS(=O)(=O)c4ccccc4N3)CCCC2)c(OC)c1. The molecule has 2 N–H and O–H groups in total. The molecular formula is C23H27N3O5S. The van der Waals surface area contributed by atoms with Crippen molar-refractivity contribution in [2.75, 3.05) is 24.9 Å². The van der Waals surface area contributed by atoms with Crippen molar-refractivity contribution < 1.29 is 22.7 Å². The second kappa shape index (κ2) is 8.82. The fourth-order valence-electron chi connectivity index (χ4n) is 4.58. The van der Waals surface area contributed by atoms with Crippen LogP contribution in [0.1, 0.15) is 38.5 Å². The topological polar surface area (TPSA) is 106 Å². The summed E-state index contributed by atoms with van der Waals surface area (Å²) in [5.41, 5.74) is 0.742. The molecule has 0 spiro atoms. The number of sulfonamides is 1. The van der Waals surface area contributed by atoms with Crippen LogP contribution in [0.15, 0.2) is 51.8 Å². The van der Waals surface area contributed by atoms with Gasteiger partial charge in [-0.3, -0.25) is 4.79 Å². The number of nitrogens with one attached hydrogen (secondary N) is 2. The Hall–Kier alpha value is -3.07. The normalized spacial score (nSPS) is 18.1. The number of nitrogens with zero attached hydrogens (tertiary/aromatic N) is 1. The summed E-state index contributed by atoms with van der Waals surface area (Å²) in [6, 6.07) is 11.9. The van der Waals surface area contributed by atoms with Gasteiger partial charge in [0.05, 0.1) is 25.6 Å². The Balaban J connectivity index is 1.52. The third kappa shape index (κ3) is 4.57.